The van der Waals surface area contributed by atoms with Crippen LogP contribution in [0.1, 0.15) is 46.3 Å². The number of aromatic nitrogens is 2. The van der Waals surface area contributed by atoms with Gasteiger partial charge in [0, 0.05) is 24.7 Å². The number of hydrogen-bond acceptors (Lipinski definition) is 7. The van der Waals surface area contributed by atoms with E-state index in [4.69, 9.17) is 13.8 Å². The molecule has 0 bridgehead atoms. The lowest BCUT2D eigenvalue weighted by Crippen LogP contribution is -2.58. The van der Waals surface area contributed by atoms with Crippen molar-refractivity contribution in [1.82, 2.24) is 14.2 Å². The van der Waals surface area contributed by atoms with Crippen molar-refractivity contribution in [3.05, 3.63) is 83.4 Å². The summed E-state index contributed by atoms with van der Waals surface area (Å²) in [7, 11) is -3.70. The minimum absolute atomic E-state index is 0.0349. The van der Waals surface area contributed by atoms with Crippen LogP contribution < -0.4 is 21.4 Å². The molecule has 3 aliphatic rings. The monoisotopic (exact) mass is 652 g/mol. The molecule has 0 spiro atoms. The average Bonchev–Trinajstić information content (AvgIpc) is 3.74. The van der Waals surface area contributed by atoms with Gasteiger partial charge in [0.1, 0.15) is 20.0 Å². The number of benzene rings is 2. The van der Waals surface area contributed by atoms with Crippen LogP contribution in [0.2, 0.25) is 12.6 Å². The van der Waals surface area contributed by atoms with Crippen LogP contribution in [-0.2, 0) is 18.6 Å². The Hall–Kier alpha value is -2.79. The Balaban J connectivity index is 1.20. The van der Waals surface area contributed by atoms with E-state index in [2.05, 4.69) is 82.2 Å². The Morgan fingerprint density at radius 2 is 1.78 bits per heavy atom. The first-order valence-electron chi connectivity index (χ1n) is 15.9. The van der Waals surface area contributed by atoms with E-state index < -0.39 is 46.9 Å². The number of carbonyl (C=O) groups excluding carboxylic acids is 1. The Bertz CT molecular complexity index is 1490. The molecule has 0 saturated carbocycles. The molecule has 2 aromatic carbocycles. The second-order valence-corrected chi connectivity index (χ2v) is 18.3. The molecular formula is C33H42FN4O5PSi. The maximum absolute atomic E-state index is 16.2. The summed E-state index contributed by atoms with van der Waals surface area (Å²) in [6.07, 6.45) is -0.302. The van der Waals surface area contributed by atoms with Crippen molar-refractivity contribution in [1.29, 1.82) is 0 Å². The highest BCUT2D eigenvalue weighted by Crippen LogP contribution is 2.59. The SMILES string of the molecule is CC[C@H]1O[C@@H](n2ccc(NC(=O)C(C)C)nc2=O)[C@@H](F)C1O[P@@]1O[C@H](C[Si](C)(c2ccccc2)c2ccccc2)[C@@H]2CCCN21. The van der Waals surface area contributed by atoms with Crippen molar-refractivity contribution in [2.75, 3.05) is 11.9 Å². The van der Waals surface area contributed by atoms with Crippen molar-refractivity contribution < 1.29 is 23.0 Å². The zero-order valence-electron chi connectivity index (χ0n) is 26.2. The van der Waals surface area contributed by atoms with Gasteiger partial charge in [0.15, 0.2) is 12.4 Å². The molecule has 1 unspecified atom stereocenters. The summed E-state index contributed by atoms with van der Waals surface area (Å²) in [5.41, 5.74) is -0.701. The number of halogens is 1. The van der Waals surface area contributed by atoms with Crippen molar-refractivity contribution in [2.45, 2.75) is 89.4 Å². The molecule has 3 saturated heterocycles. The largest absolute Gasteiger partial charge is 0.351 e. The number of rotatable bonds is 10. The molecule has 3 aromatic rings. The predicted molar refractivity (Wildman–Crippen MR) is 176 cm³/mol. The lowest BCUT2D eigenvalue weighted by molar-refractivity contribution is -0.118. The zero-order valence-corrected chi connectivity index (χ0v) is 28.1. The normalized spacial score (nSPS) is 28.4. The van der Waals surface area contributed by atoms with Crippen LogP contribution >= 0.6 is 8.53 Å². The second kappa shape index (κ2) is 13.5. The second-order valence-electron chi connectivity index (χ2n) is 12.7. The van der Waals surface area contributed by atoms with Crippen molar-refractivity contribution in [3.63, 3.8) is 0 Å². The molecule has 3 fully saturated rings. The molecule has 12 heteroatoms. The predicted octanol–water partition coefficient (Wildman–Crippen LogP) is 4.85. The summed E-state index contributed by atoms with van der Waals surface area (Å²) in [5.74, 6) is -0.403. The Morgan fingerprint density at radius 3 is 2.38 bits per heavy atom. The van der Waals surface area contributed by atoms with Gasteiger partial charge in [0.2, 0.25) is 5.91 Å². The lowest BCUT2D eigenvalue weighted by Gasteiger charge is -2.32. The lowest BCUT2D eigenvalue weighted by atomic mass is 10.1. The number of anilines is 1. The Labute approximate surface area is 266 Å². The van der Waals surface area contributed by atoms with Gasteiger partial charge in [-0.3, -0.25) is 9.36 Å². The van der Waals surface area contributed by atoms with Crippen LogP contribution in [0.25, 0.3) is 0 Å². The van der Waals surface area contributed by atoms with Crippen molar-refractivity contribution in [3.8, 4) is 0 Å². The summed E-state index contributed by atoms with van der Waals surface area (Å²) < 4.78 is 39.1. The summed E-state index contributed by atoms with van der Waals surface area (Å²) >= 11 is 0. The van der Waals surface area contributed by atoms with Gasteiger partial charge < -0.3 is 19.1 Å². The summed E-state index contributed by atoms with van der Waals surface area (Å²) in [6.45, 7) is 8.67. The van der Waals surface area contributed by atoms with Crippen LogP contribution in [0.4, 0.5) is 10.2 Å². The van der Waals surface area contributed by atoms with Crippen LogP contribution in [0.3, 0.4) is 0 Å². The van der Waals surface area contributed by atoms with E-state index in [0.29, 0.717) is 6.42 Å². The van der Waals surface area contributed by atoms with E-state index in [-0.39, 0.29) is 29.8 Å². The smallest absolute Gasteiger partial charge is 0.349 e. The number of nitrogens with zero attached hydrogens (tertiary/aromatic N) is 3. The third-order valence-corrected chi connectivity index (χ3v) is 15.6. The van der Waals surface area contributed by atoms with E-state index >= 15 is 4.39 Å². The maximum Gasteiger partial charge on any atom is 0.351 e. The molecule has 1 amide bonds. The Morgan fingerprint density at radius 1 is 1.11 bits per heavy atom. The molecule has 45 heavy (non-hydrogen) atoms. The number of carbonyl (C=O) groups is 1. The number of alkyl halides is 1. The van der Waals surface area contributed by atoms with Gasteiger partial charge in [-0.15, -0.1) is 0 Å². The molecule has 3 aliphatic heterocycles. The minimum Gasteiger partial charge on any atom is -0.349 e. The summed E-state index contributed by atoms with van der Waals surface area (Å²) in [5, 5.41) is 5.33. The first-order chi connectivity index (χ1) is 21.7. The van der Waals surface area contributed by atoms with Gasteiger partial charge in [-0.1, -0.05) is 98.4 Å². The molecule has 1 N–H and O–H groups in total. The summed E-state index contributed by atoms with van der Waals surface area (Å²) in [6, 6.07) is 24.1. The van der Waals surface area contributed by atoms with Crippen molar-refractivity contribution in [2.24, 2.45) is 5.92 Å². The molecular weight excluding hydrogens is 610 g/mol. The third kappa shape index (κ3) is 6.44. The molecule has 7 atom stereocenters. The minimum atomic E-state index is -2.18. The van der Waals surface area contributed by atoms with E-state index in [0.717, 1.165) is 30.0 Å². The highest BCUT2D eigenvalue weighted by molar-refractivity contribution is 7.45. The molecule has 240 valence electrons. The number of nitrogens with one attached hydrogen (secondary N) is 1. The van der Waals surface area contributed by atoms with Crippen LogP contribution in [-0.4, -0.2) is 65.3 Å². The zero-order chi connectivity index (χ0) is 31.7. The average molecular weight is 653 g/mol. The fourth-order valence-electron chi connectivity index (χ4n) is 6.70. The van der Waals surface area contributed by atoms with E-state index in [1.165, 1.54) is 22.6 Å². The Kier molecular flexibility index (Phi) is 9.66. The number of ether oxygens (including phenoxy) is 1. The van der Waals surface area contributed by atoms with E-state index in [1.807, 2.05) is 6.92 Å². The standard InChI is InChI=1S/C33H42FN4O5PSi/c1-5-26-30(29(34)32(41-26)37-20-18-28(36-33(37)40)35-31(39)22(2)3)43-44-38-19-12-17-25(38)27(42-44)21-45(4,23-13-8-6-9-14-23)24-15-10-7-11-16-24/h6-11,13-16,18,20,22,25-27,29-30,32H,5,12,17,19,21H2,1-4H3,(H,35,36,39,40)/t25-,26+,27+,29-,30?,32+,44+/m0/s1. The molecule has 9 nitrogen and oxygen atoms in total. The molecule has 4 heterocycles. The van der Waals surface area contributed by atoms with Gasteiger partial charge in [0.25, 0.3) is 8.53 Å². The fraction of sp³-hybridized carbons (Fsp3) is 0.485. The van der Waals surface area contributed by atoms with E-state index in [1.54, 1.807) is 13.8 Å². The summed E-state index contributed by atoms with van der Waals surface area (Å²) in [4.78, 5) is 28.9. The fourth-order valence-corrected chi connectivity index (χ4v) is 12.7. The van der Waals surface area contributed by atoms with Gasteiger partial charge in [-0.25, -0.2) is 13.9 Å². The first kappa shape index (κ1) is 32.2. The van der Waals surface area contributed by atoms with Gasteiger partial charge in [-0.05, 0) is 31.4 Å². The molecule has 6 rings (SSSR count). The molecule has 1 aromatic heterocycles. The van der Waals surface area contributed by atoms with Gasteiger partial charge >= 0.3 is 5.69 Å². The highest BCUT2D eigenvalue weighted by Gasteiger charge is 2.54. The number of amides is 1. The van der Waals surface area contributed by atoms with Crippen molar-refractivity contribution >= 4 is 38.7 Å². The van der Waals surface area contributed by atoms with Gasteiger partial charge in [-0.2, -0.15) is 4.98 Å². The maximum atomic E-state index is 16.2. The van der Waals surface area contributed by atoms with Crippen LogP contribution in [0.5, 0.6) is 0 Å². The molecule has 0 radical (unpaired) electrons. The van der Waals surface area contributed by atoms with Crippen LogP contribution in [0, 0.1) is 5.92 Å². The first-order valence-corrected chi connectivity index (χ1v) is 19.7. The van der Waals surface area contributed by atoms with Crippen LogP contribution in [0.15, 0.2) is 77.7 Å². The number of hydrogen-bond donors (Lipinski definition) is 1. The highest BCUT2D eigenvalue weighted by atomic mass is 31.2. The van der Waals surface area contributed by atoms with Gasteiger partial charge in [0.05, 0.1) is 12.2 Å². The third-order valence-electron chi connectivity index (χ3n) is 9.33. The van der Waals surface area contributed by atoms with E-state index in [9.17, 15) is 9.59 Å². The number of fused-ring (bicyclic) bond motifs is 1. The molecule has 0 aliphatic carbocycles. The topological polar surface area (TPSA) is 94.9 Å². The quantitative estimate of drug-likeness (QED) is 0.247.